The molecule has 0 saturated carbocycles. The van der Waals surface area contributed by atoms with Crippen LogP contribution in [-0.2, 0) is 0 Å². The van der Waals surface area contributed by atoms with Gasteiger partial charge in [-0.05, 0) is 65.7 Å². The number of anilines is 2. The Bertz CT molecular complexity index is 1550. The van der Waals surface area contributed by atoms with Gasteiger partial charge in [-0.3, -0.25) is 9.78 Å². The van der Waals surface area contributed by atoms with Crippen molar-refractivity contribution in [2.75, 3.05) is 12.1 Å². The number of rotatable bonds is 5. The van der Waals surface area contributed by atoms with Crippen LogP contribution < -0.4 is 25.1 Å². The van der Waals surface area contributed by atoms with E-state index in [9.17, 15) is 4.79 Å². The molecule has 3 heterocycles. The number of ether oxygens (including phenoxy) is 3. The van der Waals surface area contributed by atoms with Crippen molar-refractivity contribution in [1.82, 2.24) is 15.0 Å². The van der Waals surface area contributed by atoms with E-state index in [0.717, 1.165) is 17.0 Å². The molecule has 3 aromatic carbocycles. The van der Waals surface area contributed by atoms with Crippen molar-refractivity contribution < 1.29 is 14.2 Å². The summed E-state index contributed by atoms with van der Waals surface area (Å²) in [6.07, 6.45) is 1.63. The van der Waals surface area contributed by atoms with E-state index in [4.69, 9.17) is 14.2 Å². The lowest BCUT2D eigenvalue weighted by Crippen LogP contribution is -2.13. The summed E-state index contributed by atoms with van der Waals surface area (Å²) in [5.74, 6) is 3.08. The fourth-order valence-corrected chi connectivity index (χ4v) is 3.79. The number of fused-ring (bicyclic) bond motifs is 2. The molecule has 0 bridgehead atoms. The number of hydrogen-bond donors (Lipinski definition) is 2. The Hall–Kier alpha value is -4.85. The first-order valence-corrected chi connectivity index (χ1v) is 10.6. The van der Waals surface area contributed by atoms with Crippen molar-refractivity contribution in [3.8, 4) is 34.1 Å². The van der Waals surface area contributed by atoms with Crippen LogP contribution in [0.3, 0.4) is 0 Å². The molecule has 1 aliphatic heterocycles. The monoisotopic (exact) mass is 450 g/mol. The third-order valence-electron chi connectivity index (χ3n) is 5.39. The Morgan fingerprint density at radius 2 is 1.68 bits per heavy atom. The van der Waals surface area contributed by atoms with E-state index in [-0.39, 0.29) is 12.4 Å². The highest BCUT2D eigenvalue weighted by Gasteiger charge is 2.17. The number of pyridine rings is 1. The molecule has 0 atom stereocenters. The molecule has 166 valence electrons. The van der Waals surface area contributed by atoms with Gasteiger partial charge in [-0.2, -0.15) is 4.98 Å². The van der Waals surface area contributed by atoms with E-state index in [0.29, 0.717) is 39.8 Å². The minimum absolute atomic E-state index is 0.187. The van der Waals surface area contributed by atoms with E-state index < -0.39 is 0 Å². The Kier molecular flexibility index (Phi) is 4.81. The average molecular weight is 450 g/mol. The summed E-state index contributed by atoms with van der Waals surface area (Å²) in [6, 6.07) is 24.3. The molecule has 8 heteroatoms. The van der Waals surface area contributed by atoms with E-state index in [1.165, 1.54) is 0 Å². The van der Waals surface area contributed by atoms with Gasteiger partial charge in [-0.15, -0.1) is 0 Å². The van der Waals surface area contributed by atoms with Gasteiger partial charge in [0, 0.05) is 11.9 Å². The molecule has 1 aliphatic rings. The average Bonchev–Trinajstić information content (AvgIpc) is 3.33. The summed E-state index contributed by atoms with van der Waals surface area (Å²) in [7, 11) is 0. The summed E-state index contributed by atoms with van der Waals surface area (Å²) < 4.78 is 16.7. The number of benzene rings is 3. The van der Waals surface area contributed by atoms with Gasteiger partial charge in [0.2, 0.25) is 12.7 Å². The maximum atomic E-state index is 13.0. The molecule has 0 fully saturated rings. The van der Waals surface area contributed by atoms with Crippen LogP contribution in [0, 0.1) is 0 Å². The minimum Gasteiger partial charge on any atom is -0.457 e. The molecular formula is C26H18N4O4. The Labute approximate surface area is 193 Å². The minimum atomic E-state index is -0.294. The molecule has 2 N–H and O–H groups in total. The lowest BCUT2D eigenvalue weighted by Gasteiger charge is -2.10. The number of hydrogen-bond acceptors (Lipinski definition) is 7. The molecule has 6 rings (SSSR count). The topological polar surface area (TPSA) is 98.4 Å². The summed E-state index contributed by atoms with van der Waals surface area (Å²) in [4.78, 5) is 24.7. The molecule has 0 aliphatic carbocycles. The quantitative estimate of drug-likeness (QED) is 0.377. The van der Waals surface area contributed by atoms with Crippen molar-refractivity contribution in [1.29, 1.82) is 0 Å². The van der Waals surface area contributed by atoms with Crippen LogP contribution in [0.5, 0.6) is 23.0 Å². The first-order chi connectivity index (χ1) is 16.7. The second kappa shape index (κ2) is 8.25. The summed E-state index contributed by atoms with van der Waals surface area (Å²) in [5, 5.41) is 3.52. The number of nitrogens with zero attached hydrogens (tertiary/aromatic N) is 2. The first-order valence-electron chi connectivity index (χ1n) is 10.6. The Morgan fingerprint density at radius 1 is 0.882 bits per heavy atom. The zero-order valence-corrected chi connectivity index (χ0v) is 17.8. The van der Waals surface area contributed by atoms with Gasteiger partial charge < -0.3 is 19.5 Å². The SMILES string of the molecule is O=c1[nH]c(Nc2ccc(Oc3ccccc3)cc2)nc2nccc(-c3ccc4c(c3)OCO4)c12. The highest BCUT2D eigenvalue weighted by molar-refractivity contribution is 5.92. The Morgan fingerprint density at radius 3 is 2.53 bits per heavy atom. The van der Waals surface area contributed by atoms with Crippen LogP contribution in [0.2, 0.25) is 0 Å². The lowest BCUT2D eigenvalue weighted by atomic mass is 10.0. The van der Waals surface area contributed by atoms with Crippen molar-refractivity contribution in [2.24, 2.45) is 0 Å². The van der Waals surface area contributed by atoms with Gasteiger partial charge >= 0.3 is 0 Å². The fourth-order valence-electron chi connectivity index (χ4n) is 3.79. The van der Waals surface area contributed by atoms with Gasteiger partial charge in [0.05, 0.1) is 5.39 Å². The molecule has 8 nitrogen and oxygen atoms in total. The van der Waals surface area contributed by atoms with Gasteiger partial charge in [-0.1, -0.05) is 24.3 Å². The number of aromatic nitrogens is 3. The van der Waals surface area contributed by atoms with E-state index >= 15 is 0 Å². The van der Waals surface area contributed by atoms with Gasteiger partial charge in [0.15, 0.2) is 17.1 Å². The number of para-hydroxylation sites is 1. The normalized spacial score (nSPS) is 12.0. The highest BCUT2D eigenvalue weighted by atomic mass is 16.7. The summed E-state index contributed by atoms with van der Waals surface area (Å²) in [5.41, 5.74) is 2.32. The molecular weight excluding hydrogens is 432 g/mol. The number of H-pyrrole nitrogens is 1. The van der Waals surface area contributed by atoms with Crippen LogP contribution in [0.25, 0.3) is 22.2 Å². The third-order valence-corrected chi connectivity index (χ3v) is 5.39. The molecule has 0 amide bonds. The second-order valence-electron chi connectivity index (χ2n) is 7.60. The maximum Gasteiger partial charge on any atom is 0.262 e. The van der Waals surface area contributed by atoms with Crippen LogP contribution in [-0.4, -0.2) is 21.7 Å². The maximum absolute atomic E-state index is 13.0. The van der Waals surface area contributed by atoms with E-state index in [2.05, 4.69) is 20.3 Å². The lowest BCUT2D eigenvalue weighted by molar-refractivity contribution is 0.174. The van der Waals surface area contributed by atoms with Crippen LogP contribution in [0.1, 0.15) is 0 Å². The highest BCUT2D eigenvalue weighted by Crippen LogP contribution is 2.37. The fraction of sp³-hybridized carbons (Fsp3) is 0.0385. The Balaban J connectivity index is 1.28. The molecule has 5 aromatic rings. The smallest absolute Gasteiger partial charge is 0.262 e. The molecule has 0 radical (unpaired) electrons. The van der Waals surface area contributed by atoms with E-state index in [1.807, 2.05) is 72.8 Å². The zero-order valence-electron chi connectivity index (χ0n) is 17.8. The largest absolute Gasteiger partial charge is 0.457 e. The second-order valence-corrected chi connectivity index (χ2v) is 7.60. The van der Waals surface area contributed by atoms with Gasteiger partial charge in [-0.25, -0.2) is 4.98 Å². The van der Waals surface area contributed by atoms with Gasteiger partial charge in [0.1, 0.15) is 11.5 Å². The number of aromatic amines is 1. The molecule has 34 heavy (non-hydrogen) atoms. The van der Waals surface area contributed by atoms with Gasteiger partial charge in [0.25, 0.3) is 5.56 Å². The van der Waals surface area contributed by atoms with Crippen LogP contribution >= 0.6 is 0 Å². The van der Waals surface area contributed by atoms with Crippen molar-refractivity contribution in [2.45, 2.75) is 0 Å². The van der Waals surface area contributed by atoms with E-state index in [1.54, 1.807) is 12.3 Å². The summed E-state index contributed by atoms with van der Waals surface area (Å²) in [6.45, 7) is 0.187. The molecule has 0 spiro atoms. The third kappa shape index (κ3) is 3.77. The first kappa shape index (κ1) is 19.8. The predicted molar refractivity (Wildman–Crippen MR) is 128 cm³/mol. The number of nitrogens with one attached hydrogen (secondary N) is 2. The molecule has 0 saturated heterocycles. The molecule has 0 unspecified atom stereocenters. The van der Waals surface area contributed by atoms with Crippen molar-refractivity contribution >= 4 is 22.7 Å². The van der Waals surface area contributed by atoms with Crippen LogP contribution in [0.15, 0.2) is 89.9 Å². The summed E-state index contributed by atoms with van der Waals surface area (Å²) >= 11 is 0. The van der Waals surface area contributed by atoms with Crippen molar-refractivity contribution in [3.63, 3.8) is 0 Å². The standard InChI is InChI=1S/C26H18N4O4/c31-25-23-20(16-6-11-21-22(14-16)33-15-32-21)12-13-27-24(23)29-26(30-25)28-17-7-9-19(10-8-17)34-18-4-2-1-3-5-18/h1-14H,15H2,(H2,27,28,29,30,31). The van der Waals surface area contributed by atoms with Crippen molar-refractivity contribution in [3.05, 3.63) is 95.4 Å². The molecule has 2 aromatic heterocycles. The van der Waals surface area contributed by atoms with Crippen LogP contribution in [0.4, 0.5) is 11.6 Å². The zero-order chi connectivity index (χ0) is 22.9. The predicted octanol–water partition coefficient (Wildman–Crippen LogP) is 5.25.